The molecule has 1 aromatic heterocycles. The molecule has 0 saturated heterocycles. The van der Waals surface area contributed by atoms with E-state index in [9.17, 15) is 5.11 Å². The summed E-state index contributed by atoms with van der Waals surface area (Å²) in [4.78, 5) is 3.83. The SMILES string of the molecule is Nc1nc2cccc(O)c2o1. The van der Waals surface area contributed by atoms with E-state index in [2.05, 4.69) is 4.98 Å². The third-order valence-corrected chi connectivity index (χ3v) is 1.41. The molecule has 56 valence electrons. The first-order chi connectivity index (χ1) is 5.27. The van der Waals surface area contributed by atoms with Gasteiger partial charge >= 0.3 is 0 Å². The van der Waals surface area contributed by atoms with E-state index in [0.717, 1.165) is 0 Å². The number of phenolic OH excluding ortho intramolecular Hbond substituents is 1. The van der Waals surface area contributed by atoms with Gasteiger partial charge in [0.05, 0.1) is 0 Å². The van der Waals surface area contributed by atoms with Crippen molar-refractivity contribution >= 4 is 17.1 Å². The zero-order valence-electron chi connectivity index (χ0n) is 5.61. The molecular formula is C7H6N2O2. The van der Waals surface area contributed by atoms with Crippen molar-refractivity contribution in [3.8, 4) is 5.75 Å². The Kier molecular flexibility index (Phi) is 1.03. The molecule has 4 heteroatoms. The van der Waals surface area contributed by atoms with E-state index in [1.165, 1.54) is 6.07 Å². The summed E-state index contributed by atoms with van der Waals surface area (Å²) in [5, 5.41) is 9.20. The Morgan fingerprint density at radius 1 is 1.45 bits per heavy atom. The van der Waals surface area contributed by atoms with Crippen LogP contribution in [0, 0.1) is 0 Å². The molecule has 0 aliphatic carbocycles. The Morgan fingerprint density at radius 3 is 3.00 bits per heavy atom. The number of aromatic nitrogens is 1. The molecule has 11 heavy (non-hydrogen) atoms. The number of hydrogen-bond donors (Lipinski definition) is 2. The van der Waals surface area contributed by atoms with Gasteiger partial charge in [0.25, 0.3) is 6.01 Å². The zero-order valence-corrected chi connectivity index (χ0v) is 5.61. The summed E-state index contributed by atoms with van der Waals surface area (Å²) in [6.07, 6.45) is 0. The average Bonchev–Trinajstić information content (AvgIpc) is 2.31. The van der Waals surface area contributed by atoms with Crippen molar-refractivity contribution in [3.05, 3.63) is 18.2 Å². The van der Waals surface area contributed by atoms with Crippen LogP contribution < -0.4 is 5.73 Å². The second kappa shape index (κ2) is 1.88. The van der Waals surface area contributed by atoms with Crippen molar-refractivity contribution in [2.45, 2.75) is 0 Å². The molecule has 1 aromatic carbocycles. The molecule has 0 amide bonds. The number of hydrogen-bond acceptors (Lipinski definition) is 4. The third kappa shape index (κ3) is 0.797. The molecule has 0 aliphatic rings. The summed E-state index contributed by atoms with van der Waals surface area (Å²) >= 11 is 0. The lowest BCUT2D eigenvalue weighted by Gasteiger charge is -1.88. The molecule has 0 unspecified atom stereocenters. The molecule has 4 nitrogen and oxygen atoms in total. The van der Waals surface area contributed by atoms with Crippen LogP contribution in [0.2, 0.25) is 0 Å². The quantitative estimate of drug-likeness (QED) is 0.590. The van der Waals surface area contributed by atoms with Gasteiger partial charge in [-0.25, -0.2) is 0 Å². The van der Waals surface area contributed by atoms with E-state index < -0.39 is 0 Å². The lowest BCUT2D eigenvalue weighted by Crippen LogP contribution is -1.80. The number of benzene rings is 1. The van der Waals surface area contributed by atoms with Crippen LogP contribution in [0.5, 0.6) is 5.75 Å². The van der Waals surface area contributed by atoms with E-state index in [0.29, 0.717) is 11.1 Å². The number of phenols is 1. The molecule has 2 rings (SSSR count). The highest BCUT2D eigenvalue weighted by atomic mass is 16.4. The molecule has 0 bridgehead atoms. The lowest BCUT2D eigenvalue weighted by atomic mass is 10.3. The van der Waals surface area contributed by atoms with Gasteiger partial charge < -0.3 is 15.3 Å². The highest BCUT2D eigenvalue weighted by Gasteiger charge is 2.05. The van der Waals surface area contributed by atoms with E-state index in [-0.39, 0.29) is 11.8 Å². The van der Waals surface area contributed by atoms with Crippen molar-refractivity contribution in [1.82, 2.24) is 4.98 Å². The predicted octanol–water partition coefficient (Wildman–Crippen LogP) is 1.12. The van der Waals surface area contributed by atoms with Crippen molar-refractivity contribution in [2.75, 3.05) is 5.73 Å². The maximum Gasteiger partial charge on any atom is 0.293 e. The molecule has 0 radical (unpaired) electrons. The molecular weight excluding hydrogens is 144 g/mol. The largest absolute Gasteiger partial charge is 0.504 e. The summed E-state index contributed by atoms with van der Waals surface area (Å²) in [5.41, 5.74) is 6.18. The minimum atomic E-state index is 0.0618. The summed E-state index contributed by atoms with van der Waals surface area (Å²) in [5.74, 6) is 0.0618. The number of para-hydroxylation sites is 1. The number of aromatic hydroxyl groups is 1. The summed E-state index contributed by atoms with van der Waals surface area (Å²) in [6.45, 7) is 0. The van der Waals surface area contributed by atoms with Gasteiger partial charge in [-0.05, 0) is 12.1 Å². The van der Waals surface area contributed by atoms with Crippen LogP contribution in [0.15, 0.2) is 22.6 Å². The van der Waals surface area contributed by atoms with Crippen LogP contribution in [-0.4, -0.2) is 10.1 Å². The fourth-order valence-electron chi connectivity index (χ4n) is 0.952. The number of nitrogen functional groups attached to an aromatic ring is 1. The maximum atomic E-state index is 9.20. The standard InChI is InChI=1S/C7H6N2O2/c8-7-9-4-2-1-3-5(10)6(4)11-7/h1-3,10H,(H2,8,9). The minimum absolute atomic E-state index is 0.0618. The molecule has 0 aliphatic heterocycles. The van der Waals surface area contributed by atoms with Gasteiger partial charge in [0, 0.05) is 0 Å². The van der Waals surface area contributed by atoms with E-state index in [1.54, 1.807) is 12.1 Å². The Labute approximate surface area is 62.3 Å². The minimum Gasteiger partial charge on any atom is -0.504 e. The van der Waals surface area contributed by atoms with Gasteiger partial charge in [-0.1, -0.05) is 6.07 Å². The van der Waals surface area contributed by atoms with Crippen molar-refractivity contribution in [1.29, 1.82) is 0 Å². The van der Waals surface area contributed by atoms with Crippen LogP contribution in [0.1, 0.15) is 0 Å². The second-order valence-electron chi connectivity index (χ2n) is 2.18. The van der Waals surface area contributed by atoms with Gasteiger partial charge in [-0.3, -0.25) is 0 Å². The number of fused-ring (bicyclic) bond motifs is 1. The molecule has 0 spiro atoms. The number of oxazole rings is 1. The maximum absolute atomic E-state index is 9.20. The van der Waals surface area contributed by atoms with Crippen molar-refractivity contribution in [2.24, 2.45) is 0 Å². The van der Waals surface area contributed by atoms with Crippen molar-refractivity contribution in [3.63, 3.8) is 0 Å². The monoisotopic (exact) mass is 150 g/mol. The van der Waals surface area contributed by atoms with Gasteiger partial charge in [0.2, 0.25) is 0 Å². The van der Waals surface area contributed by atoms with E-state index >= 15 is 0 Å². The fraction of sp³-hybridized carbons (Fsp3) is 0. The van der Waals surface area contributed by atoms with Crippen LogP contribution in [0.4, 0.5) is 6.01 Å². The first kappa shape index (κ1) is 6.03. The van der Waals surface area contributed by atoms with E-state index in [1.807, 2.05) is 0 Å². The number of nitrogens with zero attached hydrogens (tertiary/aromatic N) is 1. The molecule has 2 aromatic rings. The van der Waals surface area contributed by atoms with Gasteiger partial charge in [0.1, 0.15) is 5.52 Å². The summed E-state index contributed by atoms with van der Waals surface area (Å²) < 4.78 is 4.92. The highest BCUT2D eigenvalue weighted by molar-refractivity contribution is 5.80. The average molecular weight is 150 g/mol. The van der Waals surface area contributed by atoms with Crippen LogP contribution >= 0.6 is 0 Å². The van der Waals surface area contributed by atoms with Crippen molar-refractivity contribution < 1.29 is 9.52 Å². The normalized spacial score (nSPS) is 10.5. The fourth-order valence-corrected chi connectivity index (χ4v) is 0.952. The van der Waals surface area contributed by atoms with Gasteiger partial charge in [-0.2, -0.15) is 4.98 Å². The molecule has 0 fully saturated rings. The predicted molar refractivity (Wildman–Crippen MR) is 40.1 cm³/mol. The topological polar surface area (TPSA) is 72.3 Å². The van der Waals surface area contributed by atoms with Gasteiger partial charge in [-0.15, -0.1) is 0 Å². The Balaban J connectivity index is 2.90. The van der Waals surface area contributed by atoms with Gasteiger partial charge in [0.15, 0.2) is 11.3 Å². The molecule has 1 heterocycles. The molecule has 0 saturated carbocycles. The smallest absolute Gasteiger partial charge is 0.293 e. The van der Waals surface area contributed by atoms with E-state index in [4.69, 9.17) is 10.2 Å². The Bertz CT molecular complexity index is 394. The zero-order chi connectivity index (χ0) is 7.84. The molecule has 3 N–H and O–H groups in total. The summed E-state index contributed by atoms with van der Waals surface area (Å²) in [6, 6.07) is 4.99. The van der Waals surface area contributed by atoms with Crippen LogP contribution in [0.3, 0.4) is 0 Å². The van der Waals surface area contributed by atoms with Crippen LogP contribution in [0.25, 0.3) is 11.1 Å². The first-order valence-corrected chi connectivity index (χ1v) is 3.11. The Hall–Kier alpha value is -1.71. The van der Waals surface area contributed by atoms with Crippen LogP contribution in [-0.2, 0) is 0 Å². The molecule has 0 atom stereocenters. The third-order valence-electron chi connectivity index (χ3n) is 1.41. The lowest BCUT2D eigenvalue weighted by molar-refractivity contribution is 0.466. The highest BCUT2D eigenvalue weighted by Crippen LogP contribution is 2.25. The second-order valence-corrected chi connectivity index (χ2v) is 2.18. The Morgan fingerprint density at radius 2 is 2.27 bits per heavy atom. The first-order valence-electron chi connectivity index (χ1n) is 3.11. The number of rotatable bonds is 0. The number of nitrogens with two attached hydrogens (primary N) is 1. The summed E-state index contributed by atoms with van der Waals surface area (Å²) in [7, 11) is 0. The number of anilines is 1.